The van der Waals surface area contributed by atoms with Gasteiger partial charge in [0, 0.05) is 9.50 Å². The summed E-state index contributed by atoms with van der Waals surface area (Å²) in [4.78, 5) is 22.7. The molecule has 0 radical (unpaired) electrons. The Labute approximate surface area is 117 Å². The average Bonchev–Trinajstić information content (AvgIpc) is 2.28. The van der Waals surface area contributed by atoms with Crippen LogP contribution in [0, 0.1) is 0 Å². The van der Waals surface area contributed by atoms with E-state index in [1.54, 1.807) is 12.1 Å². The van der Waals surface area contributed by atoms with Crippen LogP contribution in [0.25, 0.3) is 0 Å². The van der Waals surface area contributed by atoms with Gasteiger partial charge in [0.2, 0.25) is 0 Å². The van der Waals surface area contributed by atoms with Crippen LogP contribution in [-0.4, -0.2) is 34.2 Å². The normalized spacial score (nSPS) is 13.8. The third-order valence-corrected chi connectivity index (χ3v) is 3.13. The minimum Gasteiger partial charge on any atom is -0.480 e. The molecule has 0 saturated carbocycles. The molecular formula is C11H11BrClNO4. The van der Waals surface area contributed by atoms with Crippen LogP contribution in [0.5, 0.6) is 0 Å². The van der Waals surface area contributed by atoms with Gasteiger partial charge in [-0.15, -0.1) is 0 Å². The van der Waals surface area contributed by atoms with Gasteiger partial charge in [0.05, 0.1) is 11.7 Å². The Morgan fingerprint density at radius 3 is 2.56 bits per heavy atom. The zero-order valence-electron chi connectivity index (χ0n) is 9.35. The van der Waals surface area contributed by atoms with Crippen LogP contribution in [0.3, 0.4) is 0 Å². The summed E-state index contributed by atoms with van der Waals surface area (Å²) in [7, 11) is 0. The fourth-order valence-corrected chi connectivity index (χ4v) is 1.88. The van der Waals surface area contributed by atoms with Gasteiger partial charge in [0.15, 0.2) is 6.04 Å². The van der Waals surface area contributed by atoms with E-state index in [0.29, 0.717) is 9.50 Å². The molecule has 0 bridgehead atoms. The van der Waals surface area contributed by atoms with Crippen molar-refractivity contribution in [2.45, 2.75) is 19.1 Å². The number of aliphatic hydroxyl groups excluding tert-OH is 1. The Hall–Kier alpha value is -1.11. The number of carbonyl (C=O) groups excluding carboxylic acids is 1. The summed E-state index contributed by atoms with van der Waals surface area (Å²) in [6.45, 7) is 1.28. The number of rotatable bonds is 4. The minimum absolute atomic E-state index is 0.203. The highest BCUT2D eigenvalue weighted by Gasteiger charge is 2.26. The second-order valence-electron chi connectivity index (χ2n) is 3.65. The summed E-state index contributed by atoms with van der Waals surface area (Å²) in [6, 6.07) is 3.20. The first kappa shape index (κ1) is 14.9. The maximum absolute atomic E-state index is 11.9. The standard InChI is InChI=1S/C11H11BrClNO4/c1-5(15)9(11(17)18)14-10(16)7-4-6(13)2-3-8(7)12/h2-5,9,15H,1H3,(H,14,16)(H,17,18). The molecule has 1 amide bonds. The van der Waals surface area contributed by atoms with Gasteiger partial charge in [-0.2, -0.15) is 0 Å². The molecule has 1 aromatic carbocycles. The number of carbonyl (C=O) groups is 2. The molecule has 2 unspecified atom stereocenters. The van der Waals surface area contributed by atoms with Crippen LogP contribution in [0.15, 0.2) is 22.7 Å². The minimum atomic E-state index is -1.37. The van der Waals surface area contributed by atoms with Crippen LogP contribution < -0.4 is 5.32 Å². The van der Waals surface area contributed by atoms with Gasteiger partial charge in [-0.05, 0) is 41.1 Å². The molecule has 2 atom stereocenters. The summed E-state index contributed by atoms with van der Waals surface area (Å²) in [5, 5.41) is 20.7. The molecule has 0 saturated heterocycles. The van der Waals surface area contributed by atoms with Crippen LogP contribution in [0.1, 0.15) is 17.3 Å². The molecule has 1 rings (SSSR count). The zero-order valence-corrected chi connectivity index (χ0v) is 11.7. The average molecular weight is 337 g/mol. The fourth-order valence-electron chi connectivity index (χ4n) is 1.28. The second kappa shape index (κ2) is 6.17. The highest BCUT2D eigenvalue weighted by atomic mass is 79.9. The highest BCUT2D eigenvalue weighted by Crippen LogP contribution is 2.21. The van der Waals surface area contributed by atoms with Crippen LogP contribution >= 0.6 is 27.5 Å². The number of hydrogen-bond donors (Lipinski definition) is 3. The maximum atomic E-state index is 11.9. The van der Waals surface area contributed by atoms with Crippen molar-refractivity contribution in [1.29, 1.82) is 0 Å². The number of carboxylic acids is 1. The quantitative estimate of drug-likeness (QED) is 0.780. The van der Waals surface area contributed by atoms with E-state index >= 15 is 0 Å². The Morgan fingerprint density at radius 2 is 2.06 bits per heavy atom. The van der Waals surface area contributed by atoms with E-state index in [4.69, 9.17) is 16.7 Å². The Morgan fingerprint density at radius 1 is 1.44 bits per heavy atom. The third kappa shape index (κ3) is 3.69. The predicted molar refractivity (Wildman–Crippen MR) is 69.7 cm³/mol. The van der Waals surface area contributed by atoms with Gasteiger partial charge in [0.1, 0.15) is 0 Å². The number of nitrogens with one attached hydrogen (secondary N) is 1. The third-order valence-electron chi connectivity index (χ3n) is 2.21. The number of halogens is 2. The molecule has 7 heteroatoms. The molecule has 3 N–H and O–H groups in total. The maximum Gasteiger partial charge on any atom is 0.328 e. The van der Waals surface area contributed by atoms with Crippen LogP contribution in [0.4, 0.5) is 0 Å². The molecule has 0 aliphatic rings. The van der Waals surface area contributed by atoms with Crippen molar-refractivity contribution in [2.24, 2.45) is 0 Å². The highest BCUT2D eigenvalue weighted by molar-refractivity contribution is 9.10. The molecule has 5 nitrogen and oxygen atoms in total. The molecule has 18 heavy (non-hydrogen) atoms. The summed E-state index contributed by atoms with van der Waals surface area (Å²) >= 11 is 8.92. The lowest BCUT2D eigenvalue weighted by Crippen LogP contribution is -2.47. The Balaban J connectivity index is 2.94. The summed E-state index contributed by atoms with van der Waals surface area (Å²) in [6.07, 6.45) is -1.20. The number of aliphatic carboxylic acids is 1. The van der Waals surface area contributed by atoms with Gasteiger partial charge >= 0.3 is 5.97 Å². The lowest BCUT2D eigenvalue weighted by atomic mass is 10.1. The van der Waals surface area contributed by atoms with Crippen molar-refractivity contribution in [3.63, 3.8) is 0 Å². The number of benzene rings is 1. The number of amides is 1. The van der Waals surface area contributed by atoms with Gasteiger partial charge in [-0.1, -0.05) is 11.6 Å². The molecule has 0 aliphatic heterocycles. The molecule has 0 spiro atoms. The van der Waals surface area contributed by atoms with Crippen molar-refractivity contribution in [3.05, 3.63) is 33.3 Å². The Bertz CT molecular complexity index is 478. The van der Waals surface area contributed by atoms with Gasteiger partial charge in [-0.3, -0.25) is 4.79 Å². The van der Waals surface area contributed by atoms with Crippen molar-refractivity contribution in [2.75, 3.05) is 0 Å². The largest absolute Gasteiger partial charge is 0.480 e. The molecule has 98 valence electrons. The van der Waals surface area contributed by atoms with Gasteiger partial charge in [-0.25, -0.2) is 4.79 Å². The number of aliphatic hydroxyl groups is 1. The molecule has 1 aromatic rings. The van der Waals surface area contributed by atoms with E-state index in [1.807, 2.05) is 0 Å². The second-order valence-corrected chi connectivity index (χ2v) is 4.94. The predicted octanol–water partition coefficient (Wildman–Crippen LogP) is 1.67. The summed E-state index contributed by atoms with van der Waals surface area (Å²) in [5.74, 6) is -1.94. The molecule has 0 aliphatic carbocycles. The molecule has 0 fully saturated rings. The van der Waals surface area contributed by atoms with E-state index in [-0.39, 0.29) is 5.56 Å². The molecule has 0 aromatic heterocycles. The first-order chi connectivity index (χ1) is 8.32. The lowest BCUT2D eigenvalue weighted by Gasteiger charge is -2.17. The molecular weight excluding hydrogens is 325 g/mol. The van der Waals surface area contributed by atoms with Crippen molar-refractivity contribution in [1.82, 2.24) is 5.32 Å². The summed E-state index contributed by atoms with van der Waals surface area (Å²) in [5.41, 5.74) is 0.203. The molecule has 0 heterocycles. The van der Waals surface area contributed by atoms with Gasteiger partial charge in [0.25, 0.3) is 5.91 Å². The van der Waals surface area contributed by atoms with E-state index in [2.05, 4.69) is 21.2 Å². The van der Waals surface area contributed by atoms with Crippen LogP contribution in [0.2, 0.25) is 5.02 Å². The monoisotopic (exact) mass is 335 g/mol. The number of carboxylic acid groups (broad SMARTS) is 1. The fraction of sp³-hybridized carbons (Fsp3) is 0.273. The SMILES string of the molecule is CC(O)C(NC(=O)c1cc(Cl)ccc1Br)C(=O)O. The van der Waals surface area contributed by atoms with E-state index < -0.39 is 24.0 Å². The smallest absolute Gasteiger partial charge is 0.328 e. The van der Waals surface area contributed by atoms with Crippen LogP contribution in [-0.2, 0) is 4.79 Å². The summed E-state index contributed by atoms with van der Waals surface area (Å²) < 4.78 is 0.485. The first-order valence-corrected chi connectivity index (χ1v) is 6.17. The topological polar surface area (TPSA) is 86.6 Å². The van der Waals surface area contributed by atoms with E-state index in [9.17, 15) is 14.7 Å². The van der Waals surface area contributed by atoms with Gasteiger partial charge < -0.3 is 15.5 Å². The zero-order chi connectivity index (χ0) is 13.9. The van der Waals surface area contributed by atoms with E-state index in [1.165, 1.54) is 13.0 Å². The van der Waals surface area contributed by atoms with Crippen molar-refractivity contribution < 1.29 is 19.8 Å². The lowest BCUT2D eigenvalue weighted by molar-refractivity contribution is -0.141. The Kier molecular flexibility index (Phi) is 5.13. The first-order valence-electron chi connectivity index (χ1n) is 4.99. The number of hydrogen-bond acceptors (Lipinski definition) is 3. The van der Waals surface area contributed by atoms with E-state index in [0.717, 1.165) is 0 Å². The van der Waals surface area contributed by atoms with Crippen molar-refractivity contribution in [3.8, 4) is 0 Å². The van der Waals surface area contributed by atoms with Crippen molar-refractivity contribution >= 4 is 39.4 Å².